The van der Waals surface area contributed by atoms with E-state index >= 15 is 0 Å². The molecule has 2 aliphatic heterocycles. The van der Waals surface area contributed by atoms with Gasteiger partial charge in [0.25, 0.3) is 0 Å². The molecule has 0 unspecified atom stereocenters. The lowest BCUT2D eigenvalue weighted by molar-refractivity contribution is 0.384. The molecule has 15 heavy (non-hydrogen) atoms. The van der Waals surface area contributed by atoms with Crippen LogP contribution in [0.4, 0.5) is 0 Å². The number of rotatable bonds is 2. The van der Waals surface area contributed by atoms with E-state index in [0.29, 0.717) is 6.71 Å². The molecule has 0 aliphatic carbocycles. The van der Waals surface area contributed by atoms with Gasteiger partial charge in [-0.2, -0.15) is 0 Å². The van der Waals surface area contributed by atoms with Crippen LogP contribution in [-0.4, -0.2) is 6.71 Å². The molecule has 0 N–H and O–H groups in total. The van der Waals surface area contributed by atoms with E-state index in [1.54, 1.807) is 0 Å². The minimum atomic E-state index is -0.228. The Balaban J connectivity index is 2.10. The molecule has 2 saturated heterocycles. The van der Waals surface area contributed by atoms with Gasteiger partial charge in [-0.1, -0.05) is 83.6 Å². The summed E-state index contributed by atoms with van der Waals surface area (Å²) in [5.41, 5.74) is -0.0435. The molecule has 86 valence electrons. The molecule has 0 spiro atoms. The highest BCUT2D eigenvalue weighted by Gasteiger charge is 2.38. The van der Waals surface area contributed by atoms with Crippen molar-refractivity contribution in [1.29, 1.82) is 0 Å². The summed E-state index contributed by atoms with van der Waals surface area (Å²) in [5.74, 6) is 1.53. The van der Waals surface area contributed by atoms with Crippen molar-refractivity contribution in [2.24, 2.45) is 5.41 Å². The Morgan fingerprint density at radius 2 is 1.53 bits per heavy atom. The third-order valence-electron chi connectivity index (χ3n) is 4.21. The van der Waals surface area contributed by atoms with Crippen LogP contribution in [0.1, 0.15) is 68.4 Å². The van der Waals surface area contributed by atoms with E-state index in [4.69, 9.17) is 2.74 Å². The van der Waals surface area contributed by atoms with Crippen molar-refractivity contribution < 1.29 is 2.74 Å². The molecule has 2 bridgehead atoms. The second-order valence-corrected chi connectivity index (χ2v) is 6.68. The van der Waals surface area contributed by atoms with E-state index in [1.807, 2.05) is 0 Å². The first-order valence-corrected chi connectivity index (χ1v) is 6.76. The minimum absolute atomic E-state index is 0.0435. The number of hydrogen-bond acceptors (Lipinski definition) is 0. The molecule has 1 heteroatoms. The van der Waals surface area contributed by atoms with Crippen molar-refractivity contribution in [3.05, 3.63) is 0 Å². The first-order chi connectivity index (χ1) is 7.91. The molecule has 0 amide bonds. The molecule has 0 aromatic rings. The van der Waals surface area contributed by atoms with Gasteiger partial charge in [0.05, 0.1) is 0 Å². The Bertz CT molecular complexity index is 239. The number of hydrogen-bond donors (Lipinski definition) is 0. The average Bonchev–Trinajstić information content (AvgIpc) is 2.24. The van der Waals surface area contributed by atoms with Gasteiger partial charge in [-0.15, -0.1) is 0 Å². The van der Waals surface area contributed by atoms with Gasteiger partial charge in [0.1, 0.15) is 6.71 Å². The highest BCUT2D eigenvalue weighted by molar-refractivity contribution is 6.62. The predicted molar refractivity (Wildman–Crippen MR) is 69.8 cm³/mol. The van der Waals surface area contributed by atoms with Gasteiger partial charge in [0, 0.05) is 2.74 Å². The van der Waals surface area contributed by atoms with Crippen LogP contribution in [0.2, 0.25) is 17.9 Å². The maximum absolute atomic E-state index is 8.54. The minimum Gasteiger partial charge on any atom is -0.0732 e. The first kappa shape index (κ1) is 9.13. The van der Waals surface area contributed by atoms with Crippen molar-refractivity contribution >= 4 is 6.71 Å². The molecular weight excluding hydrogens is 179 g/mol. The summed E-state index contributed by atoms with van der Waals surface area (Å²) in [5, 5.41) is 0. The second-order valence-electron chi connectivity index (χ2n) is 6.68. The molecule has 0 saturated carbocycles. The zero-order chi connectivity index (χ0) is 12.6. The summed E-state index contributed by atoms with van der Waals surface area (Å²) < 4.78 is 16.9. The lowest BCUT2D eigenvalue weighted by Crippen LogP contribution is -2.35. The zero-order valence-electron chi connectivity index (χ0n) is 12.6. The van der Waals surface area contributed by atoms with E-state index in [2.05, 4.69) is 20.8 Å². The molecule has 2 rings (SSSR count). The smallest absolute Gasteiger partial charge is 0.0732 e. The van der Waals surface area contributed by atoms with E-state index in [1.165, 1.54) is 38.5 Å². The van der Waals surface area contributed by atoms with Gasteiger partial charge in [0.15, 0.2) is 0 Å². The van der Waals surface area contributed by atoms with Crippen LogP contribution < -0.4 is 0 Å². The molecule has 0 radical (unpaired) electrons. The van der Waals surface area contributed by atoms with Crippen LogP contribution in [0.15, 0.2) is 0 Å². The highest BCUT2D eigenvalue weighted by Crippen LogP contribution is 2.48. The lowest BCUT2D eigenvalue weighted by atomic mass is 9.25. The van der Waals surface area contributed by atoms with Crippen LogP contribution >= 0.6 is 0 Å². The van der Waals surface area contributed by atoms with E-state index in [0.717, 1.165) is 11.6 Å². The largest absolute Gasteiger partial charge is 0.146 e. The standard InChI is InChI=1S/C14H27B/c1-14(2,3)10-11-15-12-6-4-7-13(15)9-5-8-12/h12-13H,4-11H2,1-3H3/i10D,11D/t10-,11-,12?,13?/m0/s1. The van der Waals surface area contributed by atoms with Crippen LogP contribution in [0.5, 0.6) is 0 Å². The normalized spacial score (nSPS) is 37.9. The fraction of sp³-hybridized carbons (Fsp3) is 1.00. The van der Waals surface area contributed by atoms with Crippen LogP contribution in [-0.2, 0) is 0 Å². The molecule has 2 heterocycles. The molecule has 0 nitrogen and oxygen atoms in total. The summed E-state index contributed by atoms with van der Waals surface area (Å²) in [6, 6.07) is 0. The van der Waals surface area contributed by atoms with Crippen molar-refractivity contribution in [3.8, 4) is 0 Å². The maximum atomic E-state index is 8.54. The van der Waals surface area contributed by atoms with E-state index < -0.39 is 0 Å². The Morgan fingerprint density at radius 3 is 1.93 bits per heavy atom. The summed E-state index contributed by atoms with van der Waals surface area (Å²) in [6.45, 7) is 6.87. The summed E-state index contributed by atoms with van der Waals surface area (Å²) in [7, 11) is 0. The molecule has 2 fully saturated rings. The Labute approximate surface area is 99.1 Å². The zero-order valence-corrected chi connectivity index (χ0v) is 10.6. The fourth-order valence-electron chi connectivity index (χ4n) is 3.44. The predicted octanol–water partition coefficient (Wildman–Crippen LogP) is 5.03. The first-order valence-electron chi connectivity index (χ1n) is 7.91. The third kappa shape index (κ3) is 3.01. The fourth-order valence-corrected chi connectivity index (χ4v) is 3.44. The Morgan fingerprint density at radius 1 is 1.07 bits per heavy atom. The Kier molecular flexibility index (Phi) is 2.75. The van der Waals surface area contributed by atoms with Crippen molar-refractivity contribution in [2.45, 2.75) is 83.6 Å². The van der Waals surface area contributed by atoms with Crippen molar-refractivity contribution in [1.82, 2.24) is 0 Å². The topological polar surface area (TPSA) is 0 Å². The second kappa shape index (κ2) is 4.51. The lowest BCUT2D eigenvalue weighted by Gasteiger charge is -2.41. The van der Waals surface area contributed by atoms with Crippen LogP contribution in [0, 0.1) is 5.41 Å². The summed E-state index contributed by atoms with van der Waals surface area (Å²) in [4.78, 5) is 0. The summed E-state index contributed by atoms with van der Waals surface area (Å²) in [6.07, 6.45) is 7.66. The quantitative estimate of drug-likeness (QED) is 0.558. The van der Waals surface area contributed by atoms with Crippen molar-refractivity contribution in [2.75, 3.05) is 0 Å². The van der Waals surface area contributed by atoms with Gasteiger partial charge in [-0.3, -0.25) is 0 Å². The van der Waals surface area contributed by atoms with Gasteiger partial charge in [-0.05, 0) is 5.41 Å². The molecule has 0 aromatic carbocycles. The molecule has 2 aliphatic rings. The van der Waals surface area contributed by atoms with E-state index in [-0.39, 0.29) is 18.1 Å². The van der Waals surface area contributed by atoms with Crippen LogP contribution in [0.3, 0.4) is 0 Å². The van der Waals surface area contributed by atoms with Gasteiger partial charge in [0.2, 0.25) is 0 Å². The maximum Gasteiger partial charge on any atom is 0.146 e. The molecular formula is C14H27B. The molecule has 2 atom stereocenters. The number of fused-ring (bicyclic) bond motifs is 2. The SMILES string of the molecule is [2H][C@H](B1C2CCCC1CCC2)[C@H]([2H])C(C)(C)C. The third-order valence-corrected chi connectivity index (χ3v) is 4.21. The van der Waals surface area contributed by atoms with Gasteiger partial charge < -0.3 is 0 Å². The molecule has 0 aromatic heterocycles. The van der Waals surface area contributed by atoms with Crippen molar-refractivity contribution in [3.63, 3.8) is 0 Å². The summed E-state index contributed by atoms with van der Waals surface area (Å²) >= 11 is 0. The van der Waals surface area contributed by atoms with Crippen LogP contribution in [0.25, 0.3) is 0 Å². The Hall–Kier alpha value is 0.0649. The van der Waals surface area contributed by atoms with E-state index in [9.17, 15) is 0 Å². The average molecular weight is 208 g/mol. The highest BCUT2D eigenvalue weighted by atomic mass is 14.3. The monoisotopic (exact) mass is 208 g/mol. The van der Waals surface area contributed by atoms with Gasteiger partial charge in [-0.25, -0.2) is 0 Å². The van der Waals surface area contributed by atoms with Gasteiger partial charge >= 0.3 is 0 Å².